The van der Waals surface area contributed by atoms with E-state index in [2.05, 4.69) is 233 Å². The molecule has 0 aromatic heterocycles. The lowest BCUT2D eigenvalue weighted by atomic mass is 9.98. The molecular formula is C52H48N2. The van der Waals surface area contributed by atoms with Crippen molar-refractivity contribution >= 4 is 58.4 Å². The van der Waals surface area contributed by atoms with Crippen molar-refractivity contribution in [2.45, 2.75) is 41.5 Å². The van der Waals surface area contributed by atoms with Crippen LogP contribution in [-0.2, 0) is 0 Å². The summed E-state index contributed by atoms with van der Waals surface area (Å²) in [6.07, 6.45) is 8.89. The van der Waals surface area contributed by atoms with Crippen LogP contribution in [-0.4, -0.2) is 0 Å². The highest BCUT2D eigenvalue weighted by atomic mass is 15.1. The Morgan fingerprint density at radius 2 is 0.519 bits per heavy atom. The number of hydrogen-bond acceptors (Lipinski definition) is 2. The van der Waals surface area contributed by atoms with E-state index in [9.17, 15) is 0 Å². The first-order valence-corrected chi connectivity index (χ1v) is 18.7. The molecule has 0 bridgehead atoms. The minimum Gasteiger partial charge on any atom is -0.311 e. The van der Waals surface area contributed by atoms with Gasteiger partial charge in [0.2, 0.25) is 0 Å². The van der Waals surface area contributed by atoms with E-state index in [1.807, 2.05) is 0 Å². The minimum atomic E-state index is 1.13. The molecule has 0 amide bonds. The van der Waals surface area contributed by atoms with Crippen LogP contribution in [0.4, 0.5) is 34.1 Å². The highest BCUT2D eigenvalue weighted by Gasteiger charge is 2.14. The summed E-state index contributed by atoms with van der Waals surface area (Å²) in [5, 5.41) is 0. The van der Waals surface area contributed by atoms with E-state index < -0.39 is 0 Å². The molecule has 7 aromatic rings. The Bertz CT molecular complexity index is 2120. The predicted octanol–water partition coefficient (Wildman–Crippen LogP) is 14.8. The Balaban J connectivity index is 1.10. The maximum Gasteiger partial charge on any atom is 0.0462 e. The molecule has 54 heavy (non-hydrogen) atoms. The van der Waals surface area contributed by atoms with Crippen LogP contribution in [0.2, 0.25) is 0 Å². The van der Waals surface area contributed by atoms with Gasteiger partial charge in [-0.15, -0.1) is 0 Å². The lowest BCUT2D eigenvalue weighted by Crippen LogP contribution is -2.09. The van der Waals surface area contributed by atoms with Crippen LogP contribution >= 0.6 is 0 Å². The molecule has 7 rings (SSSR count). The molecule has 0 unspecified atom stereocenters. The second kappa shape index (κ2) is 16.1. The molecule has 0 aliphatic carbocycles. The second-order valence-corrected chi connectivity index (χ2v) is 14.4. The number of hydrogen-bond donors (Lipinski definition) is 0. The van der Waals surface area contributed by atoms with Crippen LogP contribution < -0.4 is 9.80 Å². The fourth-order valence-corrected chi connectivity index (χ4v) is 6.76. The van der Waals surface area contributed by atoms with E-state index in [1.165, 1.54) is 44.5 Å². The molecule has 266 valence electrons. The largest absolute Gasteiger partial charge is 0.311 e. The maximum absolute atomic E-state index is 2.31. The Kier molecular flexibility index (Phi) is 10.7. The van der Waals surface area contributed by atoms with E-state index in [0.717, 1.165) is 45.3 Å². The van der Waals surface area contributed by atoms with Gasteiger partial charge in [-0.2, -0.15) is 0 Å². The number of benzene rings is 7. The van der Waals surface area contributed by atoms with Gasteiger partial charge in [-0.1, -0.05) is 125 Å². The average molecular weight is 701 g/mol. The summed E-state index contributed by atoms with van der Waals surface area (Å²) in [6, 6.07) is 57.1. The third-order valence-electron chi connectivity index (χ3n) is 10.0. The van der Waals surface area contributed by atoms with Gasteiger partial charge in [0.15, 0.2) is 0 Å². The molecular weight excluding hydrogens is 653 g/mol. The molecule has 0 saturated carbocycles. The smallest absolute Gasteiger partial charge is 0.0462 e. The zero-order chi connectivity index (χ0) is 37.6. The van der Waals surface area contributed by atoms with Crippen molar-refractivity contribution < 1.29 is 0 Å². The molecule has 0 aliphatic heterocycles. The second-order valence-electron chi connectivity index (χ2n) is 14.4. The van der Waals surface area contributed by atoms with E-state index in [1.54, 1.807) is 0 Å². The quantitative estimate of drug-likeness (QED) is 0.131. The monoisotopic (exact) mass is 700 g/mol. The van der Waals surface area contributed by atoms with E-state index in [-0.39, 0.29) is 0 Å². The van der Waals surface area contributed by atoms with Crippen molar-refractivity contribution in [3.05, 3.63) is 213 Å². The van der Waals surface area contributed by atoms with Gasteiger partial charge >= 0.3 is 0 Å². The fraction of sp³-hybridized carbons (Fsp3) is 0.115. The minimum absolute atomic E-state index is 1.13. The van der Waals surface area contributed by atoms with E-state index >= 15 is 0 Å². The standard InChI is InChI=1S/C52H48N2/c1-37-7-23-47(24-8-37)53(48-25-9-38(2)10-26-48)51-31-17-43(18-32-51)15-21-45-36-46(42(6)35-41(45)5)22-16-44-19-33-52(34-20-44)54(49-27-11-39(3)12-28-49)50-29-13-40(4)14-30-50/h7-36H,1-6H3. The number of anilines is 6. The zero-order valence-electron chi connectivity index (χ0n) is 32.2. The Morgan fingerprint density at radius 3 is 0.778 bits per heavy atom. The van der Waals surface area contributed by atoms with Gasteiger partial charge in [0.05, 0.1) is 0 Å². The first-order valence-electron chi connectivity index (χ1n) is 18.7. The van der Waals surface area contributed by atoms with Crippen molar-refractivity contribution in [1.82, 2.24) is 0 Å². The summed E-state index contributed by atoms with van der Waals surface area (Å²) < 4.78 is 0. The summed E-state index contributed by atoms with van der Waals surface area (Å²) in [7, 11) is 0. The van der Waals surface area contributed by atoms with E-state index in [0.29, 0.717) is 0 Å². The van der Waals surface area contributed by atoms with Crippen LogP contribution in [0.15, 0.2) is 158 Å². The van der Waals surface area contributed by atoms with Crippen molar-refractivity contribution in [2.75, 3.05) is 9.80 Å². The number of rotatable bonds is 10. The van der Waals surface area contributed by atoms with Gasteiger partial charge in [0, 0.05) is 34.1 Å². The maximum atomic E-state index is 2.31. The van der Waals surface area contributed by atoms with Crippen LogP contribution in [0.1, 0.15) is 55.6 Å². The van der Waals surface area contributed by atoms with Crippen LogP contribution in [0.3, 0.4) is 0 Å². The molecule has 0 aliphatic rings. The third kappa shape index (κ3) is 8.46. The zero-order valence-corrected chi connectivity index (χ0v) is 32.2. The van der Waals surface area contributed by atoms with Gasteiger partial charge < -0.3 is 9.80 Å². The average Bonchev–Trinajstić information content (AvgIpc) is 3.18. The topological polar surface area (TPSA) is 6.48 Å². The molecule has 2 heteroatoms. The molecule has 0 N–H and O–H groups in total. The van der Waals surface area contributed by atoms with Gasteiger partial charge in [-0.05, 0) is 154 Å². The van der Waals surface area contributed by atoms with Crippen molar-refractivity contribution in [3.63, 3.8) is 0 Å². The van der Waals surface area contributed by atoms with Crippen molar-refractivity contribution in [1.29, 1.82) is 0 Å². The molecule has 0 spiro atoms. The van der Waals surface area contributed by atoms with Gasteiger partial charge in [0.1, 0.15) is 0 Å². The highest BCUT2D eigenvalue weighted by molar-refractivity contribution is 5.81. The molecule has 0 heterocycles. The summed E-state index contributed by atoms with van der Waals surface area (Å²) in [5.41, 5.74) is 19.1. The van der Waals surface area contributed by atoms with Crippen molar-refractivity contribution in [3.8, 4) is 0 Å². The van der Waals surface area contributed by atoms with Gasteiger partial charge in [-0.3, -0.25) is 0 Å². The molecule has 7 aromatic carbocycles. The Labute approximate surface area is 322 Å². The molecule has 2 nitrogen and oxygen atoms in total. The SMILES string of the molecule is Cc1ccc(N(c2ccc(C)cc2)c2ccc(C=Cc3cc(C=Cc4ccc(N(c5ccc(C)cc5)c5ccc(C)cc5)cc4)c(C)cc3C)cc2)cc1. The molecule has 0 fully saturated rings. The van der Waals surface area contributed by atoms with Crippen molar-refractivity contribution in [2.24, 2.45) is 0 Å². The first-order chi connectivity index (χ1) is 26.2. The normalized spacial score (nSPS) is 11.4. The van der Waals surface area contributed by atoms with Gasteiger partial charge in [0.25, 0.3) is 0 Å². The summed E-state index contributed by atoms with van der Waals surface area (Å²) in [6.45, 7) is 12.9. The van der Waals surface area contributed by atoms with Gasteiger partial charge in [-0.25, -0.2) is 0 Å². The highest BCUT2D eigenvalue weighted by Crippen LogP contribution is 2.36. The summed E-state index contributed by atoms with van der Waals surface area (Å²) in [4.78, 5) is 4.62. The Hall–Kier alpha value is -6.38. The van der Waals surface area contributed by atoms with Crippen LogP contribution in [0.25, 0.3) is 24.3 Å². The third-order valence-corrected chi connectivity index (χ3v) is 10.0. The first kappa shape index (κ1) is 36.0. The molecule has 0 radical (unpaired) electrons. The molecule has 0 atom stereocenters. The summed E-state index contributed by atoms with van der Waals surface area (Å²) >= 11 is 0. The molecule has 0 saturated heterocycles. The predicted molar refractivity (Wildman–Crippen MR) is 235 cm³/mol. The lowest BCUT2D eigenvalue weighted by molar-refractivity contribution is 1.27. The van der Waals surface area contributed by atoms with E-state index in [4.69, 9.17) is 0 Å². The summed E-state index contributed by atoms with van der Waals surface area (Å²) in [5.74, 6) is 0. The lowest BCUT2D eigenvalue weighted by Gasteiger charge is -2.26. The number of nitrogens with zero attached hydrogens (tertiary/aromatic N) is 2. The van der Waals surface area contributed by atoms with Crippen LogP contribution in [0.5, 0.6) is 0 Å². The number of aryl methyl sites for hydroxylation is 6. The Morgan fingerprint density at radius 1 is 0.278 bits per heavy atom. The fourth-order valence-electron chi connectivity index (χ4n) is 6.76. The van der Waals surface area contributed by atoms with Crippen LogP contribution in [0, 0.1) is 41.5 Å².